The van der Waals surface area contributed by atoms with Crippen LogP contribution < -0.4 is 0 Å². The van der Waals surface area contributed by atoms with Crippen molar-refractivity contribution in [1.82, 2.24) is 9.78 Å². The molecule has 92 valence electrons. The maximum absolute atomic E-state index is 12.3. The van der Waals surface area contributed by atoms with Crippen LogP contribution in [-0.4, -0.2) is 21.3 Å². The van der Waals surface area contributed by atoms with Crippen LogP contribution in [0.15, 0.2) is 23.7 Å². The zero-order valence-corrected chi connectivity index (χ0v) is 10.7. The van der Waals surface area contributed by atoms with Crippen molar-refractivity contribution in [3.05, 3.63) is 39.8 Å². The normalized spacial score (nSPS) is 18.7. The van der Waals surface area contributed by atoms with Gasteiger partial charge in [0.25, 0.3) is 0 Å². The second kappa shape index (κ2) is 4.17. The lowest BCUT2D eigenvalue weighted by atomic mass is 9.83. The summed E-state index contributed by atoms with van der Waals surface area (Å²) in [4.78, 5) is 25.6. The molecule has 0 fully saturated rings. The van der Waals surface area contributed by atoms with E-state index in [1.54, 1.807) is 35.3 Å². The molecule has 0 saturated carbocycles. The molecule has 1 aliphatic carbocycles. The summed E-state index contributed by atoms with van der Waals surface area (Å²) in [5.41, 5.74) is 1.11. The quantitative estimate of drug-likeness (QED) is 0.614. The Morgan fingerprint density at radius 3 is 3.06 bits per heavy atom. The molecule has 0 aliphatic heterocycles. The molecule has 0 spiro atoms. The maximum atomic E-state index is 12.3. The van der Waals surface area contributed by atoms with E-state index in [1.165, 1.54) is 0 Å². The van der Waals surface area contributed by atoms with Crippen LogP contribution in [0.1, 0.15) is 32.1 Å². The lowest BCUT2D eigenvalue weighted by Crippen LogP contribution is -2.29. The van der Waals surface area contributed by atoms with Crippen molar-refractivity contribution in [3.8, 4) is 0 Å². The zero-order chi connectivity index (χ0) is 12.7. The maximum Gasteiger partial charge on any atom is 0.193 e. The minimum Gasteiger partial charge on any atom is -0.293 e. The Labute approximate surface area is 108 Å². The highest BCUT2D eigenvalue weighted by Gasteiger charge is 2.34. The van der Waals surface area contributed by atoms with E-state index in [0.29, 0.717) is 12.1 Å². The van der Waals surface area contributed by atoms with Gasteiger partial charge in [-0.3, -0.25) is 14.3 Å². The molecule has 2 aromatic heterocycles. The van der Waals surface area contributed by atoms with Crippen LogP contribution in [0.2, 0.25) is 0 Å². The lowest BCUT2D eigenvalue weighted by molar-refractivity contribution is 0.0788. The van der Waals surface area contributed by atoms with Crippen LogP contribution in [0.25, 0.3) is 0 Å². The molecule has 0 radical (unpaired) electrons. The van der Waals surface area contributed by atoms with Crippen LogP contribution in [-0.2, 0) is 13.5 Å². The van der Waals surface area contributed by atoms with Crippen molar-refractivity contribution < 1.29 is 9.59 Å². The molecule has 3 rings (SSSR count). The number of hydrogen-bond donors (Lipinski definition) is 0. The summed E-state index contributed by atoms with van der Waals surface area (Å²) in [6.07, 6.45) is 3.13. The summed E-state index contributed by atoms with van der Waals surface area (Å²) in [6.45, 7) is 0. The predicted molar refractivity (Wildman–Crippen MR) is 68.0 cm³/mol. The second-order valence-electron chi connectivity index (χ2n) is 4.45. The monoisotopic (exact) mass is 260 g/mol. The van der Waals surface area contributed by atoms with E-state index in [-0.39, 0.29) is 11.6 Å². The first-order valence-corrected chi connectivity index (χ1v) is 6.69. The van der Waals surface area contributed by atoms with Gasteiger partial charge in [-0.2, -0.15) is 5.10 Å². The van der Waals surface area contributed by atoms with E-state index in [2.05, 4.69) is 5.10 Å². The largest absolute Gasteiger partial charge is 0.293 e. The van der Waals surface area contributed by atoms with Gasteiger partial charge in [0, 0.05) is 23.7 Å². The van der Waals surface area contributed by atoms with Crippen molar-refractivity contribution in [2.75, 3.05) is 0 Å². The number of fused-ring (bicyclic) bond motifs is 1. The van der Waals surface area contributed by atoms with Crippen molar-refractivity contribution in [3.63, 3.8) is 0 Å². The Kier molecular flexibility index (Phi) is 2.63. The molecular weight excluding hydrogens is 248 g/mol. The summed E-state index contributed by atoms with van der Waals surface area (Å²) < 4.78 is 1.58. The van der Waals surface area contributed by atoms with Gasteiger partial charge in [0.2, 0.25) is 0 Å². The lowest BCUT2D eigenvalue weighted by Gasteiger charge is -2.18. The van der Waals surface area contributed by atoms with Gasteiger partial charge < -0.3 is 0 Å². The van der Waals surface area contributed by atoms with Crippen LogP contribution in [0.3, 0.4) is 0 Å². The van der Waals surface area contributed by atoms with Gasteiger partial charge in [-0.15, -0.1) is 11.3 Å². The highest BCUT2D eigenvalue weighted by Crippen LogP contribution is 2.31. The third-order valence-corrected chi connectivity index (χ3v) is 4.25. The fourth-order valence-corrected chi connectivity index (χ4v) is 3.22. The molecule has 1 unspecified atom stereocenters. The van der Waals surface area contributed by atoms with Crippen molar-refractivity contribution in [2.45, 2.75) is 12.8 Å². The Morgan fingerprint density at radius 2 is 2.33 bits per heavy atom. The first kappa shape index (κ1) is 11.3. The number of carbonyl (C=O) groups excluding carboxylic acids is 2. The Morgan fingerprint density at radius 1 is 1.50 bits per heavy atom. The summed E-state index contributed by atoms with van der Waals surface area (Å²) in [5.74, 6) is -0.757. The van der Waals surface area contributed by atoms with Crippen molar-refractivity contribution in [2.24, 2.45) is 13.0 Å². The number of aryl methyl sites for hydroxylation is 2. The third-order valence-electron chi connectivity index (χ3n) is 3.27. The predicted octanol–water partition coefficient (Wildman–Crippen LogP) is 2.11. The first-order valence-electron chi connectivity index (χ1n) is 5.81. The summed E-state index contributed by atoms with van der Waals surface area (Å²) in [5, 5.41) is 5.99. The van der Waals surface area contributed by atoms with Crippen LogP contribution in [0, 0.1) is 5.92 Å². The molecule has 5 heteroatoms. The van der Waals surface area contributed by atoms with Gasteiger partial charge in [0.05, 0.1) is 5.92 Å². The Bertz CT molecular complexity index is 626. The second-order valence-corrected chi connectivity index (χ2v) is 5.45. The molecule has 2 aromatic rings. The molecule has 0 aromatic carbocycles. The molecule has 0 bridgehead atoms. The van der Waals surface area contributed by atoms with E-state index < -0.39 is 5.92 Å². The molecule has 18 heavy (non-hydrogen) atoms. The van der Waals surface area contributed by atoms with E-state index in [4.69, 9.17) is 0 Å². The van der Waals surface area contributed by atoms with Crippen LogP contribution in [0.4, 0.5) is 0 Å². The van der Waals surface area contributed by atoms with Gasteiger partial charge >= 0.3 is 0 Å². The van der Waals surface area contributed by atoms with Crippen LogP contribution >= 0.6 is 11.3 Å². The number of aromatic nitrogens is 2. The standard InChI is InChI=1S/C13H12N2O2S/c1-15-6-4-10(14-15)13(17)9-2-3-11-8(12(9)16)5-7-18-11/h4-7,9H,2-3H2,1H3. The highest BCUT2D eigenvalue weighted by atomic mass is 32.1. The van der Waals surface area contributed by atoms with Gasteiger partial charge in [-0.1, -0.05) is 0 Å². The van der Waals surface area contributed by atoms with Crippen LogP contribution in [0.5, 0.6) is 0 Å². The molecule has 4 nitrogen and oxygen atoms in total. The number of Topliss-reactive ketones (excluding diaryl/α,β-unsaturated/α-hetero) is 2. The van der Waals surface area contributed by atoms with Crippen molar-refractivity contribution >= 4 is 22.9 Å². The summed E-state index contributed by atoms with van der Waals surface area (Å²) >= 11 is 1.59. The molecular formula is C13H12N2O2S. The van der Waals surface area contributed by atoms with Gasteiger partial charge in [0.15, 0.2) is 11.6 Å². The zero-order valence-electron chi connectivity index (χ0n) is 9.92. The minimum atomic E-state index is -0.554. The minimum absolute atomic E-state index is 0.0480. The smallest absolute Gasteiger partial charge is 0.193 e. The van der Waals surface area contributed by atoms with Gasteiger partial charge in [-0.05, 0) is 30.4 Å². The fraction of sp³-hybridized carbons (Fsp3) is 0.308. The number of thiophene rings is 1. The van der Waals surface area contributed by atoms with E-state index in [1.807, 2.05) is 11.4 Å². The molecule has 2 heterocycles. The SMILES string of the molecule is Cn1ccc(C(=O)C2CCc3sccc3C2=O)n1. The number of carbonyl (C=O) groups is 2. The molecule has 1 aliphatic rings. The van der Waals surface area contributed by atoms with E-state index >= 15 is 0 Å². The highest BCUT2D eigenvalue weighted by molar-refractivity contribution is 7.10. The Balaban J connectivity index is 1.91. The first-order chi connectivity index (χ1) is 8.66. The molecule has 1 atom stereocenters. The summed E-state index contributed by atoms with van der Waals surface area (Å²) in [6, 6.07) is 3.49. The van der Waals surface area contributed by atoms with E-state index in [9.17, 15) is 9.59 Å². The number of nitrogens with zero attached hydrogens (tertiary/aromatic N) is 2. The fourth-order valence-electron chi connectivity index (χ4n) is 2.32. The topological polar surface area (TPSA) is 52.0 Å². The molecule has 0 N–H and O–H groups in total. The summed E-state index contributed by atoms with van der Waals surface area (Å²) in [7, 11) is 1.76. The molecule has 0 amide bonds. The molecule has 0 saturated heterocycles. The number of hydrogen-bond acceptors (Lipinski definition) is 4. The van der Waals surface area contributed by atoms with Gasteiger partial charge in [-0.25, -0.2) is 0 Å². The van der Waals surface area contributed by atoms with Gasteiger partial charge in [0.1, 0.15) is 5.69 Å². The van der Waals surface area contributed by atoms with Crippen molar-refractivity contribution in [1.29, 1.82) is 0 Å². The third kappa shape index (κ3) is 1.71. The average Bonchev–Trinajstić information content (AvgIpc) is 2.97. The average molecular weight is 260 g/mol. The Hall–Kier alpha value is -1.75. The van der Waals surface area contributed by atoms with E-state index in [0.717, 1.165) is 16.9 Å². The number of ketones is 2. The number of rotatable bonds is 2.